The third kappa shape index (κ3) is 0.866. The first-order valence-corrected chi connectivity index (χ1v) is 4.77. The van der Waals surface area contributed by atoms with Crippen molar-refractivity contribution in [3.05, 3.63) is 29.3 Å². The van der Waals surface area contributed by atoms with E-state index in [-0.39, 0.29) is 0 Å². The molecule has 0 saturated heterocycles. The van der Waals surface area contributed by atoms with E-state index in [1.54, 1.807) is 7.11 Å². The molecule has 1 spiro atoms. The first-order valence-electron chi connectivity index (χ1n) is 4.77. The Labute approximate surface area is 77.9 Å². The lowest BCUT2D eigenvalue weighted by atomic mass is 10.0. The Kier molecular flexibility index (Phi) is 1.29. The van der Waals surface area contributed by atoms with Crippen LogP contribution in [0, 0.1) is 0 Å². The minimum atomic E-state index is 0.294. The van der Waals surface area contributed by atoms with Crippen molar-refractivity contribution in [2.75, 3.05) is 7.11 Å². The summed E-state index contributed by atoms with van der Waals surface area (Å²) >= 11 is 0. The maximum atomic E-state index is 5.39. The van der Waals surface area contributed by atoms with Crippen molar-refractivity contribution in [2.24, 2.45) is 0 Å². The van der Waals surface area contributed by atoms with Crippen molar-refractivity contribution in [1.29, 1.82) is 0 Å². The highest BCUT2D eigenvalue weighted by Crippen LogP contribution is 2.53. The highest BCUT2D eigenvalue weighted by atomic mass is 16.5. The lowest BCUT2D eigenvalue weighted by Gasteiger charge is -2.12. The van der Waals surface area contributed by atoms with Crippen molar-refractivity contribution in [1.82, 2.24) is 5.32 Å². The van der Waals surface area contributed by atoms with E-state index in [1.165, 1.54) is 24.0 Å². The van der Waals surface area contributed by atoms with Crippen LogP contribution in [0.4, 0.5) is 0 Å². The van der Waals surface area contributed by atoms with E-state index in [9.17, 15) is 0 Å². The molecule has 1 fully saturated rings. The maximum absolute atomic E-state index is 5.39. The van der Waals surface area contributed by atoms with Crippen LogP contribution in [0.25, 0.3) is 0 Å². The standard InChI is InChI=1S/C11H13NO/c1-13-9-4-2-3-8-7-12-11(5-6-11)10(8)9/h2-4,12H,5-7H2,1H3. The predicted octanol–water partition coefficient (Wildman–Crippen LogP) is 1.79. The molecule has 0 atom stereocenters. The molecule has 1 aromatic rings. The Bertz CT molecular complexity index is 355. The van der Waals surface area contributed by atoms with Gasteiger partial charge < -0.3 is 10.1 Å². The molecule has 0 bridgehead atoms. The number of rotatable bonds is 1. The molecule has 0 unspecified atom stereocenters. The van der Waals surface area contributed by atoms with Crippen molar-refractivity contribution in [3.63, 3.8) is 0 Å². The first kappa shape index (κ1) is 7.39. The highest BCUT2D eigenvalue weighted by molar-refractivity contribution is 5.51. The number of fused-ring (bicyclic) bond motifs is 2. The zero-order valence-corrected chi connectivity index (χ0v) is 7.76. The predicted molar refractivity (Wildman–Crippen MR) is 50.7 cm³/mol. The first-order chi connectivity index (χ1) is 6.36. The zero-order valence-electron chi connectivity index (χ0n) is 7.76. The molecule has 2 heteroatoms. The third-order valence-electron chi connectivity index (χ3n) is 3.18. The summed E-state index contributed by atoms with van der Waals surface area (Å²) in [6.07, 6.45) is 2.53. The second-order valence-electron chi connectivity index (χ2n) is 3.93. The number of methoxy groups -OCH3 is 1. The summed E-state index contributed by atoms with van der Waals surface area (Å²) in [5, 5.41) is 3.57. The molecule has 0 amide bonds. The molecule has 1 aliphatic carbocycles. The Morgan fingerprint density at radius 3 is 2.92 bits per heavy atom. The summed E-state index contributed by atoms with van der Waals surface area (Å²) in [6, 6.07) is 6.32. The van der Waals surface area contributed by atoms with E-state index in [0.717, 1.165) is 12.3 Å². The van der Waals surface area contributed by atoms with Gasteiger partial charge in [-0.15, -0.1) is 0 Å². The fourth-order valence-corrected chi connectivity index (χ4v) is 2.34. The smallest absolute Gasteiger partial charge is 0.124 e. The van der Waals surface area contributed by atoms with Crippen LogP contribution in [0.3, 0.4) is 0 Å². The van der Waals surface area contributed by atoms with Crippen LogP contribution in [-0.4, -0.2) is 7.11 Å². The van der Waals surface area contributed by atoms with Crippen LogP contribution >= 0.6 is 0 Å². The van der Waals surface area contributed by atoms with Gasteiger partial charge in [0.1, 0.15) is 5.75 Å². The molecule has 1 saturated carbocycles. The number of hydrogen-bond acceptors (Lipinski definition) is 2. The van der Waals surface area contributed by atoms with E-state index in [2.05, 4.69) is 23.5 Å². The van der Waals surface area contributed by atoms with Crippen LogP contribution in [-0.2, 0) is 12.1 Å². The van der Waals surface area contributed by atoms with Gasteiger partial charge in [0, 0.05) is 17.6 Å². The summed E-state index contributed by atoms with van der Waals surface area (Å²) in [4.78, 5) is 0. The van der Waals surface area contributed by atoms with Crippen molar-refractivity contribution >= 4 is 0 Å². The van der Waals surface area contributed by atoms with Crippen molar-refractivity contribution in [2.45, 2.75) is 24.9 Å². The van der Waals surface area contributed by atoms with Gasteiger partial charge in [-0.2, -0.15) is 0 Å². The molecular weight excluding hydrogens is 162 g/mol. The van der Waals surface area contributed by atoms with Crippen LogP contribution in [0.5, 0.6) is 5.75 Å². The fourth-order valence-electron chi connectivity index (χ4n) is 2.34. The number of hydrogen-bond donors (Lipinski definition) is 1. The SMILES string of the molecule is COc1cccc2c1C1(CC1)NC2. The summed E-state index contributed by atoms with van der Waals surface area (Å²) in [5.74, 6) is 1.06. The molecule has 1 N–H and O–H groups in total. The van der Waals surface area contributed by atoms with Crippen LogP contribution < -0.4 is 10.1 Å². The van der Waals surface area contributed by atoms with Crippen LogP contribution in [0.1, 0.15) is 24.0 Å². The molecular formula is C11H13NO. The van der Waals surface area contributed by atoms with E-state index in [1.807, 2.05) is 0 Å². The topological polar surface area (TPSA) is 21.3 Å². The molecule has 3 rings (SSSR count). The van der Waals surface area contributed by atoms with E-state index in [0.29, 0.717) is 5.54 Å². The molecule has 68 valence electrons. The summed E-state index contributed by atoms with van der Waals surface area (Å²) in [6.45, 7) is 1.01. The quantitative estimate of drug-likeness (QED) is 0.702. The summed E-state index contributed by atoms with van der Waals surface area (Å²) in [7, 11) is 1.75. The van der Waals surface area contributed by atoms with Gasteiger partial charge in [0.2, 0.25) is 0 Å². The third-order valence-corrected chi connectivity index (χ3v) is 3.18. The molecule has 1 aromatic carbocycles. The molecule has 2 nitrogen and oxygen atoms in total. The lowest BCUT2D eigenvalue weighted by Crippen LogP contribution is -2.20. The van der Waals surface area contributed by atoms with Gasteiger partial charge in [0.15, 0.2) is 0 Å². The van der Waals surface area contributed by atoms with E-state index in [4.69, 9.17) is 4.74 Å². The zero-order chi connectivity index (χ0) is 8.89. The minimum absolute atomic E-state index is 0.294. The number of nitrogens with one attached hydrogen (secondary N) is 1. The monoisotopic (exact) mass is 175 g/mol. The highest BCUT2D eigenvalue weighted by Gasteiger charge is 2.50. The van der Waals surface area contributed by atoms with Gasteiger partial charge >= 0.3 is 0 Å². The molecule has 0 radical (unpaired) electrons. The van der Waals surface area contributed by atoms with Gasteiger partial charge in [0.05, 0.1) is 7.11 Å². The van der Waals surface area contributed by atoms with Gasteiger partial charge in [-0.3, -0.25) is 0 Å². The Morgan fingerprint density at radius 1 is 1.38 bits per heavy atom. The number of ether oxygens (including phenoxy) is 1. The van der Waals surface area contributed by atoms with Crippen LogP contribution in [0.15, 0.2) is 18.2 Å². The van der Waals surface area contributed by atoms with Gasteiger partial charge in [-0.25, -0.2) is 0 Å². The molecule has 1 heterocycles. The van der Waals surface area contributed by atoms with Gasteiger partial charge in [-0.1, -0.05) is 12.1 Å². The Morgan fingerprint density at radius 2 is 2.23 bits per heavy atom. The maximum Gasteiger partial charge on any atom is 0.124 e. The largest absolute Gasteiger partial charge is 0.496 e. The van der Waals surface area contributed by atoms with Crippen LogP contribution in [0.2, 0.25) is 0 Å². The Balaban J connectivity index is 2.20. The normalized spacial score (nSPS) is 21.6. The van der Waals surface area contributed by atoms with Crippen molar-refractivity contribution in [3.8, 4) is 5.75 Å². The molecule has 2 aliphatic rings. The second kappa shape index (κ2) is 2.26. The lowest BCUT2D eigenvalue weighted by molar-refractivity contribution is 0.402. The molecule has 13 heavy (non-hydrogen) atoms. The van der Waals surface area contributed by atoms with E-state index >= 15 is 0 Å². The van der Waals surface area contributed by atoms with Crippen molar-refractivity contribution < 1.29 is 4.74 Å². The average molecular weight is 175 g/mol. The average Bonchev–Trinajstić information content (AvgIpc) is 2.84. The molecule has 1 aliphatic heterocycles. The van der Waals surface area contributed by atoms with Gasteiger partial charge in [-0.05, 0) is 24.5 Å². The summed E-state index contributed by atoms with van der Waals surface area (Å²) < 4.78 is 5.39. The Hall–Kier alpha value is -1.02. The minimum Gasteiger partial charge on any atom is -0.496 e. The second-order valence-corrected chi connectivity index (χ2v) is 3.93. The fraction of sp³-hybridized carbons (Fsp3) is 0.455. The van der Waals surface area contributed by atoms with E-state index < -0.39 is 0 Å². The molecule has 0 aromatic heterocycles. The van der Waals surface area contributed by atoms with Gasteiger partial charge in [0.25, 0.3) is 0 Å². The number of benzene rings is 1. The summed E-state index contributed by atoms with van der Waals surface area (Å²) in [5.41, 5.74) is 3.12.